The number of nitrogens with zero attached hydrogens (tertiary/aromatic N) is 1. The molecule has 2 nitrogen and oxygen atoms in total. The zero-order chi connectivity index (χ0) is 11.8. The van der Waals surface area contributed by atoms with Gasteiger partial charge in [0.25, 0.3) is 0 Å². The lowest BCUT2D eigenvalue weighted by atomic mass is 10.1. The zero-order valence-corrected chi connectivity index (χ0v) is 11.5. The molecule has 0 aromatic carbocycles. The first-order chi connectivity index (χ1) is 7.81. The highest BCUT2D eigenvalue weighted by Gasteiger charge is 2.21. The fraction of sp³-hybridized carbons (Fsp3) is 1.00. The predicted octanol–water partition coefficient (Wildman–Crippen LogP) is 3.03. The first kappa shape index (κ1) is 14.0. The SMILES string of the molecule is CCCC(CN1CCCCCC1CC)NC. The molecule has 0 amide bonds. The second kappa shape index (κ2) is 8.08. The molecule has 96 valence electrons. The van der Waals surface area contributed by atoms with E-state index in [1.165, 1.54) is 58.0 Å². The lowest BCUT2D eigenvalue weighted by Gasteiger charge is -2.32. The Balaban J connectivity index is 2.46. The van der Waals surface area contributed by atoms with Gasteiger partial charge in [-0.3, -0.25) is 4.90 Å². The molecule has 0 aromatic rings. The van der Waals surface area contributed by atoms with Crippen molar-refractivity contribution in [3.8, 4) is 0 Å². The molecule has 1 aliphatic heterocycles. The minimum absolute atomic E-state index is 0.692. The number of nitrogens with one attached hydrogen (secondary N) is 1. The van der Waals surface area contributed by atoms with Crippen LogP contribution in [0.4, 0.5) is 0 Å². The quantitative estimate of drug-likeness (QED) is 0.749. The van der Waals surface area contributed by atoms with Gasteiger partial charge in [0.2, 0.25) is 0 Å². The van der Waals surface area contributed by atoms with Crippen LogP contribution in [0.15, 0.2) is 0 Å². The lowest BCUT2D eigenvalue weighted by molar-refractivity contribution is 0.173. The number of likely N-dealkylation sites (tertiary alicyclic amines) is 1. The van der Waals surface area contributed by atoms with E-state index in [9.17, 15) is 0 Å². The molecule has 0 aromatic heterocycles. The molecule has 1 N–H and O–H groups in total. The van der Waals surface area contributed by atoms with Gasteiger partial charge in [-0.05, 0) is 39.3 Å². The summed E-state index contributed by atoms with van der Waals surface area (Å²) in [5, 5.41) is 3.47. The Morgan fingerprint density at radius 3 is 2.69 bits per heavy atom. The molecule has 0 radical (unpaired) electrons. The minimum atomic E-state index is 0.692. The van der Waals surface area contributed by atoms with Crippen molar-refractivity contribution in [1.29, 1.82) is 0 Å². The smallest absolute Gasteiger partial charge is 0.0192 e. The van der Waals surface area contributed by atoms with Crippen LogP contribution in [-0.4, -0.2) is 37.1 Å². The summed E-state index contributed by atoms with van der Waals surface area (Å²) in [4.78, 5) is 2.74. The molecular formula is C14H30N2. The van der Waals surface area contributed by atoms with E-state index in [-0.39, 0.29) is 0 Å². The Bertz CT molecular complexity index is 170. The van der Waals surface area contributed by atoms with Crippen molar-refractivity contribution in [2.24, 2.45) is 0 Å². The monoisotopic (exact) mass is 226 g/mol. The van der Waals surface area contributed by atoms with Gasteiger partial charge in [-0.15, -0.1) is 0 Å². The maximum atomic E-state index is 3.47. The molecule has 1 saturated heterocycles. The van der Waals surface area contributed by atoms with Crippen molar-refractivity contribution in [3.05, 3.63) is 0 Å². The Morgan fingerprint density at radius 1 is 1.25 bits per heavy atom. The van der Waals surface area contributed by atoms with Gasteiger partial charge in [-0.2, -0.15) is 0 Å². The summed E-state index contributed by atoms with van der Waals surface area (Å²) in [5.74, 6) is 0. The van der Waals surface area contributed by atoms with E-state index in [1.807, 2.05) is 0 Å². The van der Waals surface area contributed by atoms with Crippen molar-refractivity contribution < 1.29 is 0 Å². The third kappa shape index (κ3) is 4.42. The van der Waals surface area contributed by atoms with Gasteiger partial charge in [0, 0.05) is 18.6 Å². The van der Waals surface area contributed by atoms with Gasteiger partial charge in [-0.25, -0.2) is 0 Å². The second-order valence-electron chi connectivity index (χ2n) is 5.18. The third-order valence-corrected chi connectivity index (χ3v) is 3.97. The van der Waals surface area contributed by atoms with Gasteiger partial charge >= 0.3 is 0 Å². The van der Waals surface area contributed by atoms with Crippen LogP contribution in [0.25, 0.3) is 0 Å². The van der Waals surface area contributed by atoms with E-state index in [0.717, 1.165) is 6.04 Å². The van der Waals surface area contributed by atoms with Crippen LogP contribution < -0.4 is 5.32 Å². The predicted molar refractivity (Wildman–Crippen MR) is 71.9 cm³/mol. The third-order valence-electron chi connectivity index (χ3n) is 3.97. The first-order valence-electron chi connectivity index (χ1n) is 7.23. The molecule has 1 aliphatic rings. The van der Waals surface area contributed by atoms with Crippen LogP contribution in [0.3, 0.4) is 0 Å². The van der Waals surface area contributed by atoms with E-state index in [1.54, 1.807) is 0 Å². The zero-order valence-electron chi connectivity index (χ0n) is 11.5. The van der Waals surface area contributed by atoms with Crippen molar-refractivity contribution >= 4 is 0 Å². The number of rotatable bonds is 6. The summed E-state index contributed by atoms with van der Waals surface area (Å²) in [5.41, 5.74) is 0. The number of hydrogen-bond acceptors (Lipinski definition) is 2. The highest BCUT2D eigenvalue weighted by molar-refractivity contribution is 4.78. The first-order valence-corrected chi connectivity index (χ1v) is 7.23. The summed E-state index contributed by atoms with van der Waals surface area (Å²) in [6.45, 7) is 7.20. The van der Waals surface area contributed by atoms with E-state index >= 15 is 0 Å². The van der Waals surface area contributed by atoms with Crippen LogP contribution >= 0.6 is 0 Å². The van der Waals surface area contributed by atoms with Crippen molar-refractivity contribution in [3.63, 3.8) is 0 Å². The molecular weight excluding hydrogens is 196 g/mol. The van der Waals surface area contributed by atoms with Crippen molar-refractivity contribution in [1.82, 2.24) is 10.2 Å². The topological polar surface area (TPSA) is 15.3 Å². The fourth-order valence-corrected chi connectivity index (χ4v) is 2.90. The fourth-order valence-electron chi connectivity index (χ4n) is 2.90. The number of hydrogen-bond donors (Lipinski definition) is 1. The molecule has 0 spiro atoms. The van der Waals surface area contributed by atoms with E-state index < -0.39 is 0 Å². The molecule has 1 fully saturated rings. The summed E-state index contributed by atoms with van der Waals surface area (Å²) in [7, 11) is 2.11. The average Bonchev–Trinajstić information content (AvgIpc) is 2.53. The summed E-state index contributed by atoms with van der Waals surface area (Å²) < 4.78 is 0. The van der Waals surface area contributed by atoms with Crippen LogP contribution in [0.2, 0.25) is 0 Å². The van der Waals surface area contributed by atoms with Crippen LogP contribution in [0.1, 0.15) is 58.8 Å². The largest absolute Gasteiger partial charge is 0.316 e. The average molecular weight is 226 g/mol. The highest BCUT2D eigenvalue weighted by atomic mass is 15.2. The Morgan fingerprint density at radius 2 is 2.06 bits per heavy atom. The maximum absolute atomic E-state index is 3.47. The molecule has 2 heteroatoms. The molecule has 0 saturated carbocycles. The summed E-state index contributed by atoms with van der Waals surface area (Å²) in [6.07, 6.45) is 9.61. The maximum Gasteiger partial charge on any atom is 0.0192 e. The Kier molecular flexibility index (Phi) is 7.06. The highest BCUT2D eigenvalue weighted by Crippen LogP contribution is 2.19. The van der Waals surface area contributed by atoms with Crippen LogP contribution in [0.5, 0.6) is 0 Å². The normalized spacial score (nSPS) is 25.3. The molecule has 0 aliphatic carbocycles. The van der Waals surface area contributed by atoms with Gasteiger partial charge in [0.15, 0.2) is 0 Å². The van der Waals surface area contributed by atoms with Crippen molar-refractivity contribution in [2.45, 2.75) is 70.9 Å². The van der Waals surface area contributed by atoms with Gasteiger partial charge < -0.3 is 5.32 Å². The van der Waals surface area contributed by atoms with Gasteiger partial charge in [0.05, 0.1) is 0 Å². The van der Waals surface area contributed by atoms with E-state index in [0.29, 0.717) is 6.04 Å². The van der Waals surface area contributed by atoms with Crippen LogP contribution in [0, 0.1) is 0 Å². The number of likely N-dealkylation sites (N-methyl/N-ethyl adjacent to an activating group) is 1. The van der Waals surface area contributed by atoms with Gasteiger partial charge in [-0.1, -0.05) is 33.1 Å². The molecule has 2 unspecified atom stereocenters. The molecule has 1 heterocycles. The van der Waals surface area contributed by atoms with Gasteiger partial charge in [0.1, 0.15) is 0 Å². The lowest BCUT2D eigenvalue weighted by Crippen LogP contribution is -2.44. The van der Waals surface area contributed by atoms with E-state index in [2.05, 4.69) is 31.1 Å². The van der Waals surface area contributed by atoms with E-state index in [4.69, 9.17) is 0 Å². The Labute approximate surface area is 102 Å². The molecule has 16 heavy (non-hydrogen) atoms. The molecule has 2 atom stereocenters. The molecule has 1 rings (SSSR count). The van der Waals surface area contributed by atoms with Crippen molar-refractivity contribution in [2.75, 3.05) is 20.1 Å². The summed E-state index contributed by atoms with van der Waals surface area (Å²) in [6, 6.07) is 1.53. The second-order valence-corrected chi connectivity index (χ2v) is 5.18. The van der Waals surface area contributed by atoms with Crippen LogP contribution in [-0.2, 0) is 0 Å². The Hall–Kier alpha value is -0.0800. The minimum Gasteiger partial charge on any atom is -0.316 e. The molecule has 0 bridgehead atoms. The summed E-state index contributed by atoms with van der Waals surface area (Å²) >= 11 is 0. The standard InChI is InChI=1S/C14H30N2/c1-4-9-13(15-3)12-16-11-8-6-7-10-14(16)5-2/h13-15H,4-12H2,1-3H3.